The zero-order valence-corrected chi connectivity index (χ0v) is 21.2. The summed E-state index contributed by atoms with van der Waals surface area (Å²) in [5, 5.41) is 4.87. The van der Waals surface area contributed by atoms with Crippen LogP contribution in [0.4, 0.5) is 4.39 Å². The molecule has 1 saturated carbocycles. The number of nitrogens with zero attached hydrogens (tertiary/aromatic N) is 5. The number of aromatic nitrogens is 5. The quantitative estimate of drug-likeness (QED) is 0.364. The van der Waals surface area contributed by atoms with Crippen LogP contribution < -0.4 is 5.56 Å². The first-order chi connectivity index (χ1) is 17.2. The lowest BCUT2D eigenvalue weighted by molar-refractivity contribution is 0.00451. The molecule has 1 aliphatic heterocycles. The van der Waals surface area contributed by atoms with Crippen molar-refractivity contribution >= 4 is 17.2 Å². The predicted molar refractivity (Wildman–Crippen MR) is 135 cm³/mol. The first-order valence-corrected chi connectivity index (χ1v) is 12.6. The van der Waals surface area contributed by atoms with E-state index >= 15 is 4.39 Å². The molecule has 0 amide bonds. The lowest BCUT2D eigenvalue weighted by Gasteiger charge is -2.29. The van der Waals surface area contributed by atoms with Crippen molar-refractivity contribution in [1.29, 1.82) is 0 Å². The molecule has 6 rings (SSSR count). The molecule has 3 aromatic heterocycles. The highest BCUT2D eigenvalue weighted by atomic mass is 35.5. The van der Waals surface area contributed by atoms with Crippen LogP contribution in [0.2, 0.25) is 5.02 Å². The van der Waals surface area contributed by atoms with Gasteiger partial charge in [0.25, 0.3) is 5.56 Å². The van der Waals surface area contributed by atoms with E-state index in [1.807, 2.05) is 10.9 Å². The third-order valence-electron chi connectivity index (χ3n) is 7.69. The summed E-state index contributed by atoms with van der Waals surface area (Å²) in [5.74, 6) is -0.483. The fraction of sp³-hybridized carbons (Fsp3) is 0.407. The maximum Gasteiger partial charge on any atom is 0.261 e. The molecule has 1 aromatic carbocycles. The topological polar surface area (TPSA) is 74.3 Å². The van der Waals surface area contributed by atoms with Crippen molar-refractivity contribution < 1.29 is 9.13 Å². The molecular formula is C27H27ClFN5O2. The molecule has 186 valence electrons. The van der Waals surface area contributed by atoms with Gasteiger partial charge in [0.1, 0.15) is 11.5 Å². The SMILES string of the molecule is Cc1nc2c(-c3ccc(Cl)cc3F)nc([C@@H]3CCO[C@H](c4cnn(C5(C)CC5)c4)C3)cn2c(=O)c1C. The number of hydrogen-bond acceptors (Lipinski definition) is 5. The van der Waals surface area contributed by atoms with Gasteiger partial charge in [-0.3, -0.25) is 13.9 Å². The fourth-order valence-corrected chi connectivity index (χ4v) is 5.08. The van der Waals surface area contributed by atoms with Crippen LogP contribution >= 0.6 is 11.6 Å². The summed E-state index contributed by atoms with van der Waals surface area (Å²) >= 11 is 6.00. The van der Waals surface area contributed by atoms with E-state index in [0.29, 0.717) is 46.3 Å². The summed E-state index contributed by atoms with van der Waals surface area (Å²) in [6.07, 6.45) is 9.32. The van der Waals surface area contributed by atoms with E-state index < -0.39 is 5.82 Å². The number of halogens is 2. The molecule has 2 aliphatic rings. The first-order valence-electron chi connectivity index (χ1n) is 12.3. The van der Waals surface area contributed by atoms with Crippen molar-refractivity contribution in [2.45, 2.75) is 64.0 Å². The molecule has 0 spiro atoms. The van der Waals surface area contributed by atoms with E-state index in [9.17, 15) is 4.79 Å². The number of ether oxygens (including phenoxy) is 1. The van der Waals surface area contributed by atoms with Gasteiger partial charge >= 0.3 is 0 Å². The Bertz CT molecular complexity index is 1560. The van der Waals surface area contributed by atoms with Crippen molar-refractivity contribution in [2.75, 3.05) is 6.61 Å². The van der Waals surface area contributed by atoms with Gasteiger partial charge in [-0.15, -0.1) is 0 Å². The summed E-state index contributed by atoms with van der Waals surface area (Å²) < 4.78 is 24.7. The molecule has 36 heavy (non-hydrogen) atoms. The minimum Gasteiger partial charge on any atom is -0.373 e. The molecular weight excluding hydrogens is 481 g/mol. The molecule has 0 radical (unpaired) electrons. The van der Waals surface area contributed by atoms with Gasteiger partial charge in [0, 0.05) is 52.3 Å². The van der Waals surface area contributed by atoms with Crippen molar-refractivity contribution in [3.63, 3.8) is 0 Å². The van der Waals surface area contributed by atoms with Crippen LogP contribution in [0.5, 0.6) is 0 Å². The predicted octanol–water partition coefficient (Wildman–Crippen LogP) is 5.51. The largest absolute Gasteiger partial charge is 0.373 e. The maximum absolute atomic E-state index is 15.0. The second-order valence-corrected chi connectivity index (χ2v) is 10.7. The van der Waals surface area contributed by atoms with Gasteiger partial charge in [-0.2, -0.15) is 5.10 Å². The standard InChI is InChI=1S/C27H27ClFN5O2/c1-15-16(2)31-25-24(20-5-4-19(28)11-21(20)29)32-22(14-33(25)26(15)35)17-6-9-36-23(10-17)18-12-30-34(13-18)27(3)7-8-27/h4-5,11-14,17,23H,6-10H2,1-3H3/t17-,23+/m1/s1. The molecule has 1 saturated heterocycles. The Kier molecular flexibility index (Phi) is 5.50. The van der Waals surface area contributed by atoms with Gasteiger partial charge in [-0.05, 0) is 64.7 Å². The van der Waals surface area contributed by atoms with Crippen LogP contribution in [0.1, 0.15) is 67.1 Å². The summed E-state index contributed by atoms with van der Waals surface area (Å²) in [6, 6.07) is 4.46. The van der Waals surface area contributed by atoms with Gasteiger partial charge in [0.15, 0.2) is 5.65 Å². The molecule has 4 heterocycles. The number of rotatable bonds is 4. The smallest absolute Gasteiger partial charge is 0.261 e. The summed E-state index contributed by atoms with van der Waals surface area (Å²) in [5.41, 5.74) is 3.77. The van der Waals surface area contributed by atoms with Crippen molar-refractivity contribution in [3.8, 4) is 11.3 Å². The van der Waals surface area contributed by atoms with Crippen LogP contribution in [0, 0.1) is 19.7 Å². The Hall–Kier alpha value is -3.10. The van der Waals surface area contributed by atoms with Crippen LogP contribution in [-0.4, -0.2) is 30.8 Å². The number of hydrogen-bond donors (Lipinski definition) is 0. The number of fused-ring (bicyclic) bond motifs is 1. The van der Waals surface area contributed by atoms with Crippen LogP contribution in [0.15, 0.2) is 41.6 Å². The number of aryl methyl sites for hydroxylation is 1. The normalized spacial score (nSPS) is 21.1. The van der Waals surface area contributed by atoms with Crippen LogP contribution in [-0.2, 0) is 10.3 Å². The maximum atomic E-state index is 15.0. The third-order valence-corrected chi connectivity index (χ3v) is 7.92. The van der Waals surface area contributed by atoms with E-state index in [0.717, 1.165) is 24.8 Å². The van der Waals surface area contributed by atoms with Gasteiger partial charge < -0.3 is 4.74 Å². The summed E-state index contributed by atoms with van der Waals surface area (Å²) in [7, 11) is 0. The molecule has 9 heteroatoms. The molecule has 7 nitrogen and oxygen atoms in total. The molecule has 4 aromatic rings. The average molecular weight is 508 g/mol. The molecule has 2 atom stereocenters. The molecule has 0 N–H and O–H groups in total. The zero-order valence-electron chi connectivity index (χ0n) is 20.5. The highest BCUT2D eigenvalue weighted by Crippen LogP contribution is 2.44. The van der Waals surface area contributed by atoms with Gasteiger partial charge in [-0.25, -0.2) is 14.4 Å². The Balaban J connectivity index is 1.44. The molecule has 0 unspecified atom stereocenters. The Morgan fingerprint density at radius 2 is 2.00 bits per heavy atom. The van der Waals surface area contributed by atoms with Crippen LogP contribution in [0.3, 0.4) is 0 Å². The van der Waals surface area contributed by atoms with Crippen molar-refractivity contribution in [2.24, 2.45) is 0 Å². The Morgan fingerprint density at radius 1 is 1.19 bits per heavy atom. The molecule has 1 aliphatic carbocycles. The zero-order chi connectivity index (χ0) is 25.2. The highest BCUT2D eigenvalue weighted by molar-refractivity contribution is 6.30. The lowest BCUT2D eigenvalue weighted by atomic mass is 9.90. The third kappa shape index (κ3) is 3.92. The van der Waals surface area contributed by atoms with E-state index in [2.05, 4.69) is 23.2 Å². The Morgan fingerprint density at radius 3 is 2.75 bits per heavy atom. The van der Waals surface area contributed by atoms with E-state index in [4.69, 9.17) is 21.3 Å². The second kappa shape index (κ2) is 8.49. The second-order valence-electron chi connectivity index (χ2n) is 10.3. The summed E-state index contributed by atoms with van der Waals surface area (Å²) in [6.45, 7) is 6.29. The highest BCUT2D eigenvalue weighted by Gasteiger charge is 2.40. The fourth-order valence-electron chi connectivity index (χ4n) is 4.92. The minimum atomic E-state index is -0.507. The van der Waals surface area contributed by atoms with Crippen LogP contribution in [0.25, 0.3) is 16.9 Å². The summed E-state index contributed by atoms with van der Waals surface area (Å²) in [4.78, 5) is 22.8. The van der Waals surface area contributed by atoms with Gasteiger partial charge in [-0.1, -0.05) is 11.6 Å². The molecule has 0 bridgehead atoms. The van der Waals surface area contributed by atoms with E-state index in [1.165, 1.54) is 10.5 Å². The van der Waals surface area contributed by atoms with E-state index in [-0.39, 0.29) is 28.7 Å². The monoisotopic (exact) mass is 507 g/mol. The molecule has 2 fully saturated rings. The van der Waals surface area contributed by atoms with Crippen molar-refractivity contribution in [1.82, 2.24) is 24.1 Å². The average Bonchev–Trinajstić information content (AvgIpc) is 3.41. The number of benzene rings is 1. The lowest BCUT2D eigenvalue weighted by Crippen LogP contribution is -2.24. The minimum absolute atomic E-state index is 0.0237. The van der Waals surface area contributed by atoms with E-state index in [1.54, 1.807) is 32.2 Å². The van der Waals surface area contributed by atoms with Gasteiger partial charge in [0.2, 0.25) is 0 Å². The Labute approximate surface area is 212 Å². The van der Waals surface area contributed by atoms with Crippen molar-refractivity contribution in [3.05, 3.63) is 80.5 Å². The van der Waals surface area contributed by atoms with Gasteiger partial charge in [0.05, 0.1) is 23.5 Å². The first kappa shape index (κ1) is 23.3.